The second-order valence-corrected chi connectivity index (χ2v) is 13.3. The average Bonchev–Trinajstić information content (AvgIpc) is 3.72. The van der Waals surface area contributed by atoms with Crippen LogP contribution in [0.25, 0.3) is 22.5 Å². The minimum absolute atomic E-state index is 0.0673. The molecule has 0 unspecified atom stereocenters. The molecule has 53 heavy (non-hydrogen) atoms. The summed E-state index contributed by atoms with van der Waals surface area (Å²) in [5.41, 5.74) is 9.23. The van der Waals surface area contributed by atoms with Crippen molar-refractivity contribution < 1.29 is 9.53 Å². The number of hydrogen-bond acceptors (Lipinski definition) is 6. The molecule has 0 atom stereocenters. The largest absolute Gasteiger partial charge is 0.488 e. The quantitative estimate of drug-likeness (QED) is 0.134. The molecule has 0 saturated carbocycles. The zero-order valence-corrected chi connectivity index (χ0v) is 29.9. The van der Waals surface area contributed by atoms with Crippen molar-refractivity contribution in [2.24, 2.45) is 0 Å². The van der Waals surface area contributed by atoms with E-state index in [2.05, 4.69) is 73.7 Å². The smallest absolute Gasteiger partial charge is 0.219 e. The van der Waals surface area contributed by atoms with E-state index in [1.165, 1.54) is 0 Å². The predicted molar refractivity (Wildman–Crippen MR) is 206 cm³/mol. The summed E-state index contributed by atoms with van der Waals surface area (Å²) in [6.07, 6.45) is 1.56. The molecule has 2 aromatic heterocycles. The third kappa shape index (κ3) is 6.48. The maximum atomic E-state index is 12.2. The average molecular weight is 697 g/mol. The van der Waals surface area contributed by atoms with Crippen LogP contribution in [0.1, 0.15) is 53.1 Å². The number of carbonyl (C=O) groups excluding carboxylic acids is 1. The first kappa shape index (κ1) is 33.7. The number of ether oxygens (including phenoxy) is 1. The van der Waals surface area contributed by atoms with Crippen LogP contribution in [-0.4, -0.2) is 42.5 Å². The van der Waals surface area contributed by atoms with E-state index in [1.54, 1.807) is 11.7 Å². The van der Waals surface area contributed by atoms with Gasteiger partial charge in [0.15, 0.2) is 5.54 Å². The molecule has 0 saturated heterocycles. The van der Waals surface area contributed by atoms with Crippen molar-refractivity contribution in [2.45, 2.75) is 45.4 Å². The Bertz CT molecular complexity index is 2240. The molecule has 1 aliphatic rings. The molecule has 0 bridgehead atoms. The van der Waals surface area contributed by atoms with Gasteiger partial charge in [0.25, 0.3) is 0 Å². The number of nitrogens with zero attached hydrogens (tertiary/aromatic N) is 6. The van der Waals surface area contributed by atoms with E-state index in [4.69, 9.17) is 25.1 Å². The predicted octanol–water partition coefficient (Wildman–Crippen LogP) is 8.29. The summed E-state index contributed by atoms with van der Waals surface area (Å²) in [6, 6.07) is 49.7. The summed E-state index contributed by atoms with van der Waals surface area (Å²) in [5.74, 6) is 1.41. The van der Waals surface area contributed by atoms with Crippen LogP contribution in [-0.2, 0) is 36.3 Å². The summed E-state index contributed by atoms with van der Waals surface area (Å²) < 4.78 is 6.43. The van der Waals surface area contributed by atoms with Gasteiger partial charge >= 0.3 is 0 Å². The Morgan fingerprint density at radius 3 is 1.92 bits per heavy atom. The van der Waals surface area contributed by atoms with Crippen molar-refractivity contribution in [1.82, 2.24) is 30.1 Å². The number of amides is 1. The summed E-state index contributed by atoms with van der Waals surface area (Å²) >= 11 is 0. The minimum Gasteiger partial charge on any atom is -0.488 e. The van der Waals surface area contributed by atoms with Crippen LogP contribution >= 0.6 is 0 Å². The number of pyridine rings is 1. The fourth-order valence-corrected chi connectivity index (χ4v) is 7.34. The molecule has 0 aliphatic carbocycles. The Morgan fingerprint density at radius 2 is 1.34 bits per heavy atom. The highest BCUT2D eigenvalue weighted by Crippen LogP contribution is 2.40. The highest BCUT2D eigenvalue weighted by molar-refractivity contribution is 5.80. The number of hydrogen-bond donors (Lipinski definition) is 0. The molecular weight excluding hydrogens is 657 g/mol. The van der Waals surface area contributed by atoms with Gasteiger partial charge in [-0.1, -0.05) is 146 Å². The molecule has 0 N–H and O–H groups in total. The van der Waals surface area contributed by atoms with Gasteiger partial charge in [-0.25, -0.2) is 0 Å². The fourth-order valence-electron chi connectivity index (χ4n) is 7.34. The Kier molecular flexibility index (Phi) is 9.34. The van der Waals surface area contributed by atoms with Gasteiger partial charge in [0.2, 0.25) is 11.7 Å². The fraction of sp³-hybridized carbons (Fsp3) is 0.178. The Labute approximate surface area is 309 Å². The molecule has 0 fully saturated rings. The van der Waals surface area contributed by atoms with Crippen molar-refractivity contribution in [1.29, 1.82) is 0 Å². The lowest BCUT2D eigenvalue weighted by molar-refractivity contribution is -0.129. The van der Waals surface area contributed by atoms with E-state index >= 15 is 0 Å². The SMILES string of the molecule is CCc1cc(OCc2ccc(-c3ccccc3-c3nnn(C(c4ccccc4)(c4ccccc4)c4ccccc4)n3)cc2)c2c(n1)CCN(C(C)=O)C2. The second-order valence-electron chi connectivity index (χ2n) is 13.3. The third-order valence-corrected chi connectivity index (χ3v) is 10.1. The van der Waals surface area contributed by atoms with Crippen LogP contribution in [0.2, 0.25) is 0 Å². The summed E-state index contributed by atoms with van der Waals surface area (Å²) in [6.45, 7) is 5.32. The van der Waals surface area contributed by atoms with Crippen LogP contribution in [0.4, 0.5) is 0 Å². The summed E-state index contributed by atoms with van der Waals surface area (Å²) in [4.78, 5) is 20.6. The third-order valence-electron chi connectivity index (χ3n) is 10.1. The highest BCUT2D eigenvalue weighted by atomic mass is 16.5. The van der Waals surface area contributed by atoms with Crippen molar-refractivity contribution in [2.75, 3.05) is 6.54 Å². The molecule has 1 aliphatic heterocycles. The molecule has 0 radical (unpaired) electrons. The lowest BCUT2D eigenvalue weighted by Crippen LogP contribution is -2.39. The number of fused-ring (bicyclic) bond motifs is 1. The van der Waals surface area contributed by atoms with Crippen LogP contribution in [0, 0.1) is 0 Å². The minimum atomic E-state index is -0.859. The molecule has 1 amide bonds. The van der Waals surface area contributed by atoms with Gasteiger partial charge in [-0.3, -0.25) is 9.78 Å². The van der Waals surface area contributed by atoms with Crippen LogP contribution in [0.5, 0.6) is 5.75 Å². The van der Waals surface area contributed by atoms with Crippen molar-refractivity contribution >= 4 is 5.91 Å². The molecule has 7 aromatic rings. The molecule has 8 nitrogen and oxygen atoms in total. The number of carbonyl (C=O) groups is 1. The first-order chi connectivity index (χ1) is 26.0. The van der Waals surface area contributed by atoms with Gasteiger partial charge in [-0.05, 0) is 45.0 Å². The van der Waals surface area contributed by atoms with Gasteiger partial charge < -0.3 is 9.64 Å². The molecule has 5 aromatic carbocycles. The van der Waals surface area contributed by atoms with Crippen molar-refractivity contribution in [3.05, 3.63) is 185 Å². The topological polar surface area (TPSA) is 86.0 Å². The van der Waals surface area contributed by atoms with Gasteiger partial charge in [0, 0.05) is 42.8 Å². The van der Waals surface area contributed by atoms with E-state index in [0.29, 0.717) is 25.5 Å². The maximum Gasteiger partial charge on any atom is 0.219 e. The van der Waals surface area contributed by atoms with Crippen LogP contribution in [0.3, 0.4) is 0 Å². The van der Waals surface area contributed by atoms with E-state index in [1.807, 2.05) is 83.8 Å². The molecule has 0 spiro atoms. The first-order valence-corrected chi connectivity index (χ1v) is 18.1. The number of tetrazole rings is 1. The molecule has 262 valence electrons. The maximum absolute atomic E-state index is 12.2. The van der Waals surface area contributed by atoms with E-state index in [9.17, 15) is 4.79 Å². The Morgan fingerprint density at radius 1 is 0.755 bits per heavy atom. The van der Waals surface area contributed by atoms with Gasteiger partial charge in [-0.2, -0.15) is 0 Å². The van der Waals surface area contributed by atoms with Gasteiger partial charge in [0.05, 0.1) is 12.2 Å². The lowest BCUT2D eigenvalue weighted by Gasteiger charge is -2.34. The van der Waals surface area contributed by atoms with Gasteiger partial charge in [-0.15, -0.1) is 15.0 Å². The normalized spacial score (nSPS) is 12.7. The Balaban J connectivity index is 1.11. The number of rotatable bonds is 10. The highest BCUT2D eigenvalue weighted by Gasteiger charge is 2.41. The monoisotopic (exact) mass is 696 g/mol. The van der Waals surface area contributed by atoms with E-state index in [-0.39, 0.29) is 5.91 Å². The lowest BCUT2D eigenvalue weighted by atomic mass is 9.77. The molecule has 8 heteroatoms. The zero-order valence-electron chi connectivity index (χ0n) is 29.9. The Hall–Kier alpha value is -6.41. The van der Waals surface area contributed by atoms with Crippen molar-refractivity contribution in [3.8, 4) is 28.3 Å². The summed E-state index contributed by atoms with van der Waals surface area (Å²) in [7, 11) is 0. The van der Waals surface area contributed by atoms with E-state index in [0.717, 1.165) is 74.5 Å². The molecule has 3 heterocycles. The van der Waals surface area contributed by atoms with Gasteiger partial charge in [0.1, 0.15) is 12.4 Å². The molecular formula is C45H40N6O2. The number of aromatic nitrogens is 5. The number of aryl methyl sites for hydroxylation is 1. The summed E-state index contributed by atoms with van der Waals surface area (Å²) in [5, 5.41) is 14.6. The molecule has 8 rings (SSSR count). The standard InChI is InChI=1S/C45H40N6O2/c1-3-38-29-43(41-30-50(32(2)52)28-27-42(41)46-38)53-31-33-23-25-34(26-24-33)39-21-13-14-22-40(39)44-47-49-51(48-44)45(35-15-7-4-8-16-35,36-17-9-5-10-18-36)37-19-11-6-12-20-37/h4-26,29H,3,27-28,30-31H2,1-2H3. The van der Waals surface area contributed by atoms with Crippen molar-refractivity contribution in [3.63, 3.8) is 0 Å². The van der Waals surface area contributed by atoms with E-state index < -0.39 is 5.54 Å². The second kappa shape index (κ2) is 14.7. The van der Waals surface area contributed by atoms with Crippen LogP contribution < -0.4 is 4.74 Å². The number of benzene rings is 5. The van der Waals surface area contributed by atoms with Crippen LogP contribution in [0.15, 0.2) is 146 Å². The zero-order chi connectivity index (χ0) is 36.2. The first-order valence-electron chi connectivity index (χ1n) is 18.1.